The number of benzene rings is 2. The number of nitrogens with zero attached hydrogens (tertiary/aromatic N) is 1. The van der Waals surface area contributed by atoms with Gasteiger partial charge in [0.15, 0.2) is 11.6 Å². The summed E-state index contributed by atoms with van der Waals surface area (Å²) in [7, 11) is 0. The third kappa shape index (κ3) is 4.78. The average Bonchev–Trinajstić information content (AvgIpc) is 2.62. The number of ether oxygens (including phenoxy) is 2. The van der Waals surface area contributed by atoms with Crippen molar-refractivity contribution in [3.05, 3.63) is 66.0 Å². The van der Waals surface area contributed by atoms with Crippen LogP contribution in [0.1, 0.15) is 18.5 Å². The van der Waals surface area contributed by atoms with Gasteiger partial charge < -0.3 is 14.6 Å². The van der Waals surface area contributed by atoms with E-state index < -0.39 is 11.9 Å². The van der Waals surface area contributed by atoms with Crippen LogP contribution in [0.25, 0.3) is 0 Å². The SMILES string of the molecule is CC1CN(CC(O)COc2ccccc2F)C(c2ccccc2)CO1. The van der Waals surface area contributed by atoms with Crippen molar-refractivity contribution in [3.8, 4) is 5.75 Å². The smallest absolute Gasteiger partial charge is 0.165 e. The summed E-state index contributed by atoms with van der Waals surface area (Å²) in [5.41, 5.74) is 1.16. The zero-order valence-corrected chi connectivity index (χ0v) is 14.3. The van der Waals surface area contributed by atoms with Crippen LogP contribution in [0.3, 0.4) is 0 Å². The lowest BCUT2D eigenvalue weighted by molar-refractivity contribution is -0.0717. The Bertz CT molecular complexity index is 667. The first-order valence-corrected chi connectivity index (χ1v) is 8.59. The zero-order valence-electron chi connectivity index (χ0n) is 14.3. The molecule has 0 aliphatic carbocycles. The molecular formula is C20H24FNO3. The Balaban J connectivity index is 1.61. The molecule has 1 aliphatic heterocycles. The van der Waals surface area contributed by atoms with Crippen LogP contribution in [-0.2, 0) is 4.74 Å². The van der Waals surface area contributed by atoms with E-state index in [9.17, 15) is 9.50 Å². The van der Waals surface area contributed by atoms with Gasteiger partial charge in [0.2, 0.25) is 0 Å². The highest BCUT2D eigenvalue weighted by molar-refractivity contribution is 5.23. The van der Waals surface area contributed by atoms with Gasteiger partial charge in [-0.05, 0) is 24.6 Å². The topological polar surface area (TPSA) is 41.9 Å². The van der Waals surface area contributed by atoms with Crippen LogP contribution in [-0.4, -0.2) is 48.5 Å². The van der Waals surface area contributed by atoms with Crippen LogP contribution >= 0.6 is 0 Å². The summed E-state index contributed by atoms with van der Waals surface area (Å²) in [5, 5.41) is 10.4. The van der Waals surface area contributed by atoms with Gasteiger partial charge in [-0.3, -0.25) is 4.90 Å². The highest BCUT2D eigenvalue weighted by atomic mass is 19.1. The lowest BCUT2D eigenvalue weighted by Crippen LogP contribution is -2.47. The number of aliphatic hydroxyl groups is 1. The van der Waals surface area contributed by atoms with E-state index in [4.69, 9.17) is 9.47 Å². The van der Waals surface area contributed by atoms with Gasteiger partial charge in [-0.2, -0.15) is 0 Å². The first-order chi connectivity index (χ1) is 12.1. The molecule has 2 aromatic rings. The highest BCUT2D eigenvalue weighted by Crippen LogP contribution is 2.26. The second-order valence-corrected chi connectivity index (χ2v) is 6.42. The molecule has 0 saturated carbocycles. The number of rotatable bonds is 6. The van der Waals surface area contributed by atoms with Gasteiger partial charge in [0.05, 0.1) is 18.8 Å². The van der Waals surface area contributed by atoms with Gasteiger partial charge >= 0.3 is 0 Å². The van der Waals surface area contributed by atoms with Crippen molar-refractivity contribution in [2.75, 3.05) is 26.3 Å². The maximum Gasteiger partial charge on any atom is 0.165 e. The lowest BCUT2D eigenvalue weighted by atomic mass is 10.0. The monoisotopic (exact) mass is 345 g/mol. The first kappa shape index (κ1) is 17.9. The molecule has 1 aliphatic rings. The van der Waals surface area contributed by atoms with E-state index in [1.165, 1.54) is 6.07 Å². The van der Waals surface area contributed by atoms with E-state index in [1.54, 1.807) is 18.2 Å². The fourth-order valence-electron chi connectivity index (χ4n) is 3.13. The van der Waals surface area contributed by atoms with Gasteiger partial charge in [-0.15, -0.1) is 0 Å². The van der Waals surface area contributed by atoms with Crippen LogP contribution in [0.5, 0.6) is 5.75 Å². The molecule has 1 N–H and O–H groups in total. The lowest BCUT2D eigenvalue weighted by Gasteiger charge is -2.39. The molecule has 25 heavy (non-hydrogen) atoms. The van der Waals surface area contributed by atoms with Crippen molar-refractivity contribution < 1.29 is 19.0 Å². The summed E-state index contributed by atoms with van der Waals surface area (Å²) in [6.45, 7) is 3.84. The third-order valence-corrected chi connectivity index (χ3v) is 4.37. The number of hydrogen-bond acceptors (Lipinski definition) is 4. The molecule has 0 spiro atoms. The van der Waals surface area contributed by atoms with Crippen LogP contribution in [0.15, 0.2) is 54.6 Å². The van der Waals surface area contributed by atoms with Gasteiger partial charge in [-0.1, -0.05) is 42.5 Å². The average molecular weight is 345 g/mol. The molecule has 1 heterocycles. The fourth-order valence-corrected chi connectivity index (χ4v) is 3.13. The van der Waals surface area contributed by atoms with E-state index in [0.717, 1.165) is 12.1 Å². The predicted octanol–water partition coefficient (Wildman–Crippen LogP) is 3.03. The van der Waals surface area contributed by atoms with E-state index in [-0.39, 0.29) is 24.5 Å². The van der Waals surface area contributed by atoms with E-state index in [1.807, 2.05) is 25.1 Å². The van der Waals surface area contributed by atoms with E-state index in [2.05, 4.69) is 17.0 Å². The van der Waals surface area contributed by atoms with Crippen molar-refractivity contribution in [2.45, 2.75) is 25.2 Å². The Morgan fingerprint density at radius 2 is 1.92 bits per heavy atom. The summed E-state index contributed by atoms with van der Waals surface area (Å²) in [6.07, 6.45) is -0.601. The minimum atomic E-state index is -0.712. The second-order valence-electron chi connectivity index (χ2n) is 6.42. The maximum atomic E-state index is 13.6. The van der Waals surface area contributed by atoms with Gasteiger partial charge in [0.1, 0.15) is 12.7 Å². The zero-order chi connectivity index (χ0) is 17.6. The number of β-amino-alcohol motifs (C(OH)–C–C–N with tert-alkyl or cyclic N) is 1. The number of para-hydroxylation sites is 1. The maximum absolute atomic E-state index is 13.6. The summed E-state index contributed by atoms with van der Waals surface area (Å²) in [6, 6.07) is 16.4. The van der Waals surface area contributed by atoms with Crippen molar-refractivity contribution in [3.63, 3.8) is 0 Å². The Kier molecular flexibility index (Phi) is 6.02. The quantitative estimate of drug-likeness (QED) is 0.874. The van der Waals surface area contributed by atoms with Gasteiger partial charge in [0.25, 0.3) is 0 Å². The molecular weight excluding hydrogens is 321 g/mol. The number of aliphatic hydroxyl groups excluding tert-OH is 1. The Hall–Kier alpha value is -1.95. The second kappa shape index (κ2) is 8.43. The molecule has 0 radical (unpaired) electrons. The molecule has 1 fully saturated rings. The van der Waals surface area contributed by atoms with Crippen molar-refractivity contribution in [1.82, 2.24) is 4.90 Å². The van der Waals surface area contributed by atoms with E-state index >= 15 is 0 Å². The van der Waals surface area contributed by atoms with Crippen molar-refractivity contribution in [2.24, 2.45) is 0 Å². The third-order valence-electron chi connectivity index (χ3n) is 4.37. The molecule has 3 rings (SSSR count). The molecule has 4 nitrogen and oxygen atoms in total. The molecule has 3 atom stereocenters. The Labute approximate surface area is 147 Å². The molecule has 5 heteroatoms. The molecule has 3 unspecified atom stereocenters. The first-order valence-electron chi connectivity index (χ1n) is 8.59. The van der Waals surface area contributed by atoms with E-state index in [0.29, 0.717) is 13.2 Å². The summed E-state index contributed by atoms with van der Waals surface area (Å²) < 4.78 is 24.8. The molecule has 1 saturated heterocycles. The molecule has 0 bridgehead atoms. The molecule has 0 aromatic heterocycles. The Morgan fingerprint density at radius 3 is 2.68 bits per heavy atom. The molecule has 134 valence electrons. The van der Waals surface area contributed by atoms with Gasteiger partial charge in [-0.25, -0.2) is 4.39 Å². The number of halogens is 1. The number of morpholine rings is 1. The van der Waals surface area contributed by atoms with Crippen molar-refractivity contribution in [1.29, 1.82) is 0 Å². The van der Waals surface area contributed by atoms with Crippen LogP contribution in [0, 0.1) is 5.82 Å². The largest absolute Gasteiger partial charge is 0.488 e. The minimum Gasteiger partial charge on any atom is -0.488 e. The number of hydrogen-bond donors (Lipinski definition) is 1. The normalized spacial score (nSPS) is 22.5. The molecule has 2 aromatic carbocycles. The summed E-state index contributed by atoms with van der Waals surface area (Å²) in [4.78, 5) is 2.21. The predicted molar refractivity (Wildman–Crippen MR) is 94.1 cm³/mol. The van der Waals surface area contributed by atoms with Crippen LogP contribution in [0.2, 0.25) is 0 Å². The standard InChI is InChI=1S/C20H24FNO3/c1-15-11-22(19(14-24-15)16-7-3-2-4-8-16)12-17(23)13-25-20-10-6-5-9-18(20)21/h2-10,15,17,19,23H,11-14H2,1H3. The molecule has 0 amide bonds. The Morgan fingerprint density at radius 1 is 1.20 bits per heavy atom. The summed E-state index contributed by atoms with van der Waals surface area (Å²) >= 11 is 0. The van der Waals surface area contributed by atoms with Crippen molar-refractivity contribution >= 4 is 0 Å². The summed E-state index contributed by atoms with van der Waals surface area (Å²) in [5.74, 6) is -0.256. The highest BCUT2D eigenvalue weighted by Gasteiger charge is 2.29. The van der Waals surface area contributed by atoms with Crippen LogP contribution < -0.4 is 4.74 Å². The van der Waals surface area contributed by atoms with Crippen LogP contribution in [0.4, 0.5) is 4.39 Å². The van der Waals surface area contributed by atoms with Gasteiger partial charge in [0, 0.05) is 13.1 Å². The minimum absolute atomic E-state index is 0.0498. The fraction of sp³-hybridized carbons (Fsp3) is 0.400.